The second-order valence-corrected chi connectivity index (χ2v) is 5.19. The third-order valence-electron chi connectivity index (χ3n) is 2.49. The first-order chi connectivity index (χ1) is 6.97. The Kier molecular flexibility index (Phi) is 7.70. The SMILES string of the molecule is CC(C)(C)OC(=O)NCC1CC[CH-]CC1.[Na+]. The summed E-state index contributed by atoms with van der Waals surface area (Å²) in [6.07, 6.45) is 6.77. The third kappa shape index (κ3) is 7.53. The van der Waals surface area contributed by atoms with Crippen molar-refractivity contribution in [3.63, 3.8) is 0 Å². The standard InChI is InChI=1S/C12H22NO2.Na/c1-12(2,3)15-11(14)13-9-10-7-5-4-6-8-10;/h4,10H,5-9H2,1-3H3,(H,13,14);/q-1;+1. The van der Waals surface area contributed by atoms with Gasteiger partial charge < -0.3 is 16.5 Å². The van der Waals surface area contributed by atoms with Gasteiger partial charge in [0.1, 0.15) is 5.60 Å². The zero-order valence-electron chi connectivity index (χ0n) is 11.0. The van der Waals surface area contributed by atoms with Crippen molar-refractivity contribution < 1.29 is 39.1 Å². The van der Waals surface area contributed by atoms with E-state index in [9.17, 15) is 4.79 Å². The van der Waals surface area contributed by atoms with E-state index in [0.29, 0.717) is 5.92 Å². The zero-order chi connectivity index (χ0) is 11.3. The van der Waals surface area contributed by atoms with Crippen LogP contribution in [0.1, 0.15) is 46.5 Å². The molecule has 3 nitrogen and oxygen atoms in total. The van der Waals surface area contributed by atoms with Crippen LogP contribution in [0.25, 0.3) is 0 Å². The van der Waals surface area contributed by atoms with Gasteiger partial charge in [0.15, 0.2) is 0 Å². The van der Waals surface area contributed by atoms with Crippen LogP contribution in [-0.4, -0.2) is 18.2 Å². The van der Waals surface area contributed by atoms with Crippen molar-refractivity contribution >= 4 is 6.09 Å². The van der Waals surface area contributed by atoms with E-state index in [4.69, 9.17) is 4.74 Å². The summed E-state index contributed by atoms with van der Waals surface area (Å²) in [5.74, 6) is 0.627. The van der Waals surface area contributed by atoms with Crippen LogP contribution < -0.4 is 34.9 Å². The van der Waals surface area contributed by atoms with Crippen LogP contribution in [0.2, 0.25) is 0 Å². The number of rotatable bonds is 2. The molecule has 1 aliphatic carbocycles. The summed E-state index contributed by atoms with van der Waals surface area (Å²) in [6, 6.07) is 0. The Hall–Kier alpha value is 0.270. The summed E-state index contributed by atoms with van der Waals surface area (Å²) in [5, 5.41) is 2.83. The van der Waals surface area contributed by atoms with E-state index in [0.717, 1.165) is 6.54 Å². The van der Waals surface area contributed by atoms with Crippen molar-refractivity contribution in [2.75, 3.05) is 6.54 Å². The molecule has 0 aromatic heterocycles. The van der Waals surface area contributed by atoms with Crippen molar-refractivity contribution in [2.24, 2.45) is 5.92 Å². The second-order valence-electron chi connectivity index (χ2n) is 5.19. The Morgan fingerprint density at radius 1 is 1.38 bits per heavy atom. The van der Waals surface area contributed by atoms with Gasteiger partial charge in [-0.2, -0.15) is 12.8 Å². The molecule has 4 heteroatoms. The predicted molar refractivity (Wildman–Crippen MR) is 60.5 cm³/mol. The fourth-order valence-corrected chi connectivity index (χ4v) is 1.74. The molecule has 0 unspecified atom stereocenters. The molecular weight excluding hydrogens is 213 g/mol. The summed E-state index contributed by atoms with van der Waals surface area (Å²) in [5.41, 5.74) is -0.398. The van der Waals surface area contributed by atoms with Crippen LogP contribution in [0.5, 0.6) is 0 Å². The van der Waals surface area contributed by atoms with Crippen LogP contribution in [-0.2, 0) is 4.74 Å². The molecule has 1 N–H and O–H groups in total. The molecule has 1 fully saturated rings. The molecule has 0 aromatic rings. The van der Waals surface area contributed by atoms with Gasteiger partial charge in [0, 0.05) is 6.54 Å². The van der Waals surface area contributed by atoms with Crippen LogP contribution in [0.15, 0.2) is 0 Å². The first kappa shape index (κ1) is 16.3. The average molecular weight is 235 g/mol. The minimum atomic E-state index is -0.398. The average Bonchev–Trinajstić information content (AvgIpc) is 2.14. The summed E-state index contributed by atoms with van der Waals surface area (Å²) < 4.78 is 5.17. The van der Waals surface area contributed by atoms with Gasteiger partial charge in [-0.15, -0.1) is 0 Å². The molecule has 0 radical (unpaired) electrons. The van der Waals surface area contributed by atoms with E-state index in [-0.39, 0.29) is 35.7 Å². The van der Waals surface area contributed by atoms with E-state index >= 15 is 0 Å². The topological polar surface area (TPSA) is 38.3 Å². The quantitative estimate of drug-likeness (QED) is 0.536. The van der Waals surface area contributed by atoms with Crippen LogP contribution in [0.3, 0.4) is 0 Å². The number of carbonyl (C=O) groups is 1. The van der Waals surface area contributed by atoms with E-state index in [1.807, 2.05) is 20.8 Å². The molecule has 0 bridgehead atoms. The Morgan fingerprint density at radius 3 is 2.44 bits per heavy atom. The molecule has 0 saturated heterocycles. The molecule has 0 spiro atoms. The second kappa shape index (κ2) is 7.57. The van der Waals surface area contributed by atoms with Crippen molar-refractivity contribution in [3.8, 4) is 0 Å². The van der Waals surface area contributed by atoms with Crippen molar-refractivity contribution in [1.29, 1.82) is 0 Å². The largest absolute Gasteiger partial charge is 1.00 e. The van der Waals surface area contributed by atoms with Crippen LogP contribution in [0, 0.1) is 12.3 Å². The van der Waals surface area contributed by atoms with Crippen LogP contribution in [0.4, 0.5) is 4.79 Å². The molecule has 1 rings (SSSR count). The van der Waals surface area contributed by atoms with Gasteiger partial charge >= 0.3 is 35.7 Å². The number of hydrogen-bond donors (Lipinski definition) is 1. The first-order valence-electron chi connectivity index (χ1n) is 5.76. The van der Waals surface area contributed by atoms with Crippen molar-refractivity contribution in [2.45, 2.75) is 52.1 Å². The van der Waals surface area contributed by atoms with Gasteiger partial charge in [-0.05, 0) is 26.7 Å². The number of carbonyl (C=O) groups excluding carboxylic acids is 1. The van der Waals surface area contributed by atoms with E-state index < -0.39 is 5.60 Å². The minimum Gasteiger partial charge on any atom is -0.444 e. The van der Waals surface area contributed by atoms with E-state index in [1.54, 1.807) is 0 Å². The Morgan fingerprint density at radius 2 is 1.94 bits per heavy atom. The molecule has 0 atom stereocenters. The van der Waals surface area contributed by atoms with Gasteiger partial charge in [-0.3, -0.25) is 0 Å². The minimum absolute atomic E-state index is 0. The molecule has 88 valence electrons. The molecule has 0 heterocycles. The van der Waals surface area contributed by atoms with E-state index in [1.165, 1.54) is 25.7 Å². The maximum atomic E-state index is 11.4. The maximum Gasteiger partial charge on any atom is 1.00 e. The van der Waals surface area contributed by atoms with Gasteiger partial charge in [0.25, 0.3) is 0 Å². The summed E-state index contributed by atoms with van der Waals surface area (Å²) in [6.45, 7) is 6.38. The molecule has 0 aliphatic heterocycles. The number of ether oxygens (including phenoxy) is 1. The Labute approximate surface area is 121 Å². The first-order valence-corrected chi connectivity index (χ1v) is 5.76. The monoisotopic (exact) mass is 235 g/mol. The summed E-state index contributed by atoms with van der Waals surface area (Å²) in [4.78, 5) is 11.4. The van der Waals surface area contributed by atoms with Gasteiger partial charge in [0.05, 0.1) is 0 Å². The predicted octanol–water partition coefficient (Wildman–Crippen LogP) is -0.0904. The zero-order valence-corrected chi connectivity index (χ0v) is 13.0. The summed E-state index contributed by atoms with van der Waals surface area (Å²) >= 11 is 0. The van der Waals surface area contributed by atoms with Crippen molar-refractivity contribution in [3.05, 3.63) is 6.42 Å². The van der Waals surface area contributed by atoms with E-state index in [2.05, 4.69) is 11.7 Å². The molecule has 0 aromatic carbocycles. The smallest absolute Gasteiger partial charge is 0.444 e. The molecule has 1 saturated carbocycles. The number of hydrogen-bond acceptors (Lipinski definition) is 2. The Bertz CT molecular complexity index is 208. The number of amides is 1. The fraction of sp³-hybridized carbons (Fsp3) is 0.833. The normalized spacial score (nSPS) is 17.4. The van der Waals surface area contributed by atoms with Gasteiger partial charge in [-0.25, -0.2) is 4.79 Å². The maximum absolute atomic E-state index is 11.4. The molecule has 16 heavy (non-hydrogen) atoms. The molecular formula is C12H22NNaO2. The van der Waals surface area contributed by atoms with Crippen molar-refractivity contribution in [1.82, 2.24) is 5.32 Å². The molecule has 1 aliphatic rings. The van der Waals surface area contributed by atoms with Gasteiger partial charge in [-0.1, -0.05) is 12.8 Å². The van der Waals surface area contributed by atoms with Gasteiger partial charge in [0.2, 0.25) is 0 Å². The molecule has 1 amide bonds. The number of nitrogens with one attached hydrogen (secondary N) is 1. The number of alkyl carbamates (subject to hydrolysis) is 1. The fourth-order valence-electron chi connectivity index (χ4n) is 1.74. The summed E-state index contributed by atoms with van der Waals surface area (Å²) in [7, 11) is 0. The Balaban J connectivity index is 0.00000225. The third-order valence-corrected chi connectivity index (χ3v) is 2.49. The van der Waals surface area contributed by atoms with Crippen LogP contribution >= 0.6 is 0 Å².